The Morgan fingerprint density at radius 1 is 1.11 bits per heavy atom. The van der Waals surface area contributed by atoms with Crippen molar-refractivity contribution in [1.82, 2.24) is 10.2 Å². The van der Waals surface area contributed by atoms with Gasteiger partial charge in [0.25, 0.3) is 0 Å². The highest BCUT2D eigenvalue weighted by molar-refractivity contribution is 4.78. The highest BCUT2D eigenvalue weighted by atomic mass is 16.5. The van der Waals surface area contributed by atoms with Crippen molar-refractivity contribution in [2.24, 2.45) is 5.92 Å². The minimum atomic E-state index is 0.612. The SMILES string of the molecule is CC(C)CCCOCCN1CCC(NC(C)C)CC1. The van der Waals surface area contributed by atoms with Crippen LogP contribution in [0.15, 0.2) is 0 Å². The highest BCUT2D eigenvalue weighted by Gasteiger charge is 2.18. The third-order valence-electron chi connectivity index (χ3n) is 3.78. The molecule has 3 heteroatoms. The molecule has 1 rings (SSSR count). The van der Waals surface area contributed by atoms with E-state index in [9.17, 15) is 0 Å². The Morgan fingerprint density at radius 3 is 2.37 bits per heavy atom. The van der Waals surface area contributed by atoms with Gasteiger partial charge in [-0.3, -0.25) is 0 Å². The molecule has 0 aromatic carbocycles. The third-order valence-corrected chi connectivity index (χ3v) is 3.78. The first-order valence-electron chi connectivity index (χ1n) is 8.14. The van der Waals surface area contributed by atoms with Gasteiger partial charge in [-0.25, -0.2) is 0 Å². The standard InChI is InChI=1S/C16H34N2O/c1-14(2)6-5-12-19-13-11-18-9-7-16(8-10-18)17-15(3)4/h14-17H,5-13H2,1-4H3. The molecule has 0 atom stereocenters. The number of ether oxygens (including phenoxy) is 1. The maximum atomic E-state index is 5.72. The van der Waals surface area contributed by atoms with Gasteiger partial charge < -0.3 is 15.0 Å². The van der Waals surface area contributed by atoms with E-state index >= 15 is 0 Å². The Morgan fingerprint density at radius 2 is 1.79 bits per heavy atom. The van der Waals surface area contributed by atoms with E-state index in [2.05, 4.69) is 37.9 Å². The lowest BCUT2D eigenvalue weighted by atomic mass is 10.0. The first kappa shape index (κ1) is 16.9. The predicted octanol–water partition coefficient (Wildman–Crippen LogP) is 2.90. The molecule has 0 spiro atoms. The summed E-state index contributed by atoms with van der Waals surface area (Å²) in [6.07, 6.45) is 5.06. The van der Waals surface area contributed by atoms with Crippen molar-refractivity contribution < 1.29 is 4.74 Å². The van der Waals surface area contributed by atoms with Gasteiger partial charge in [-0.15, -0.1) is 0 Å². The molecule has 1 heterocycles. The summed E-state index contributed by atoms with van der Waals surface area (Å²) in [6.45, 7) is 14.4. The number of likely N-dealkylation sites (tertiary alicyclic amines) is 1. The van der Waals surface area contributed by atoms with Crippen LogP contribution in [0.1, 0.15) is 53.4 Å². The highest BCUT2D eigenvalue weighted by Crippen LogP contribution is 2.10. The van der Waals surface area contributed by atoms with Crippen LogP contribution >= 0.6 is 0 Å². The molecular weight excluding hydrogens is 236 g/mol. The summed E-state index contributed by atoms with van der Waals surface area (Å²) in [5, 5.41) is 3.64. The minimum absolute atomic E-state index is 0.612. The molecule has 3 nitrogen and oxygen atoms in total. The normalized spacial score (nSPS) is 18.6. The molecule has 1 aliphatic heterocycles. The van der Waals surface area contributed by atoms with Gasteiger partial charge in [0.1, 0.15) is 0 Å². The largest absolute Gasteiger partial charge is 0.380 e. The minimum Gasteiger partial charge on any atom is -0.380 e. The molecule has 1 saturated heterocycles. The topological polar surface area (TPSA) is 24.5 Å². The maximum Gasteiger partial charge on any atom is 0.0593 e. The molecule has 1 aliphatic rings. The molecule has 0 radical (unpaired) electrons. The van der Waals surface area contributed by atoms with Gasteiger partial charge in [-0.1, -0.05) is 27.7 Å². The zero-order valence-electron chi connectivity index (χ0n) is 13.5. The van der Waals surface area contributed by atoms with Crippen molar-refractivity contribution in [3.8, 4) is 0 Å². The molecular formula is C16H34N2O. The van der Waals surface area contributed by atoms with Gasteiger partial charge in [-0.2, -0.15) is 0 Å². The van der Waals surface area contributed by atoms with Gasteiger partial charge in [0, 0.05) is 25.2 Å². The van der Waals surface area contributed by atoms with Crippen LogP contribution in [0.4, 0.5) is 0 Å². The van der Waals surface area contributed by atoms with E-state index in [-0.39, 0.29) is 0 Å². The first-order chi connectivity index (χ1) is 9.08. The molecule has 0 aromatic heterocycles. The Labute approximate surface area is 120 Å². The van der Waals surface area contributed by atoms with Crippen molar-refractivity contribution in [3.05, 3.63) is 0 Å². The van der Waals surface area contributed by atoms with Crippen molar-refractivity contribution >= 4 is 0 Å². The number of piperidine rings is 1. The van der Waals surface area contributed by atoms with E-state index in [1.807, 2.05) is 0 Å². The molecule has 0 unspecified atom stereocenters. The molecule has 0 bridgehead atoms. The Balaban J connectivity index is 1.95. The van der Waals surface area contributed by atoms with E-state index < -0.39 is 0 Å². The first-order valence-corrected chi connectivity index (χ1v) is 8.14. The summed E-state index contributed by atoms with van der Waals surface area (Å²) < 4.78 is 5.72. The predicted molar refractivity (Wildman–Crippen MR) is 82.6 cm³/mol. The van der Waals surface area contributed by atoms with Crippen LogP contribution in [0.25, 0.3) is 0 Å². The molecule has 0 amide bonds. The van der Waals surface area contributed by atoms with Crippen LogP contribution in [0.5, 0.6) is 0 Å². The molecule has 0 saturated carbocycles. The lowest BCUT2D eigenvalue weighted by molar-refractivity contribution is 0.0877. The summed E-state index contributed by atoms with van der Waals surface area (Å²) in [7, 11) is 0. The summed E-state index contributed by atoms with van der Waals surface area (Å²) >= 11 is 0. The van der Waals surface area contributed by atoms with E-state index in [1.165, 1.54) is 38.8 Å². The second-order valence-corrected chi connectivity index (χ2v) is 6.59. The lowest BCUT2D eigenvalue weighted by Gasteiger charge is -2.33. The second kappa shape index (κ2) is 9.73. The molecule has 114 valence electrons. The van der Waals surface area contributed by atoms with E-state index in [4.69, 9.17) is 4.74 Å². The quantitative estimate of drug-likeness (QED) is 0.652. The Hall–Kier alpha value is -0.120. The fourth-order valence-electron chi connectivity index (χ4n) is 2.68. The van der Waals surface area contributed by atoms with Crippen LogP contribution in [0, 0.1) is 5.92 Å². The second-order valence-electron chi connectivity index (χ2n) is 6.59. The zero-order valence-corrected chi connectivity index (χ0v) is 13.5. The van der Waals surface area contributed by atoms with Crippen molar-refractivity contribution in [3.63, 3.8) is 0 Å². The number of rotatable bonds is 9. The summed E-state index contributed by atoms with van der Waals surface area (Å²) in [5.41, 5.74) is 0. The van der Waals surface area contributed by atoms with Gasteiger partial charge in [0.05, 0.1) is 6.61 Å². The van der Waals surface area contributed by atoms with Crippen LogP contribution in [-0.4, -0.2) is 49.8 Å². The molecule has 1 N–H and O–H groups in total. The van der Waals surface area contributed by atoms with Crippen molar-refractivity contribution in [1.29, 1.82) is 0 Å². The van der Waals surface area contributed by atoms with Crippen molar-refractivity contribution in [2.75, 3.05) is 32.8 Å². The van der Waals surface area contributed by atoms with Crippen LogP contribution in [-0.2, 0) is 4.74 Å². The fourth-order valence-corrected chi connectivity index (χ4v) is 2.68. The van der Waals surface area contributed by atoms with Gasteiger partial charge in [-0.05, 0) is 44.7 Å². The van der Waals surface area contributed by atoms with E-state index in [1.54, 1.807) is 0 Å². The lowest BCUT2D eigenvalue weighted by Crippen LogP contribution is -2.45. The Bertz CT molecular complexity index is 211. The monoisotopic (exact) mass is 270 g/mol. The number of hydrogen-bond acceptors (Lipinski definition) is 3. The summed E-state index contributed by atoms with van der Waals surface area (Å²) in [4.78, 5) is 2.54. The average molecular weight is 270 g/mol. The van der Waals surface area contributed by atoms with Gasteiger partial charge in [0.2, 0.25) is 0 Å². The third kappa shape index (κ3) is 8.61. The zero-order chi connectivity index (χ0) is 14.1. The number of hydrogen-bond donors (Lipinski definition) is 1. The summed E-state index contributed by atoms with van der Waals surface area (Å²) in [5.74, 6) is 0.802. The van der Waals surface area contributed by atoms with E-state index in [0.717, 1.165) is 31.7 Å². The molecule has 0 aliphatic carbocycles. The molecule has 0 aromatic rings. The smallest absolute Gasteiger partial charge is 0.0593 e. The molecule has 19 heavy (non-hydrogen) atoms. The summed E-state index contributed by atoms with van der Waals surface area (Å²) in [6, 6.07) is 1.34. The number of nitrogens with zero attached hydrogens (tertiary/aromatic N) is 1. The maximum absolute atomic E-state index is 5.72. The molecule has 1 fully saturated rings. The van der Waals surface area contributed by atoms with Gasteiger partial charge in [0.15, 0.2) is 0 Å². The van der Waals surface area contributed by atoms with Gasteiger partial charge >= 0.3 is 0 Å². The van der Waals surface area contributed by atoms with Crippen LogP contribution in [0.2, 0.25) is 0 Å². The average Bonchev–Trinajstić information content (AvgIpc) is 2.34. The number of nitrogens with one attached hydrogen (secondary N) is 1. The Kier molecular flexibility index (Phi) is 8.67. The fraction of sp³-hybridized carbons (Fsp3) is 1.00. The van der Waals surface area contributed by atoms with E-state index in [0.29, 0.717) is 6.04 Å². The van der Waals surface area contributed by atoms with Crippen LogP contribution < -0.4 is 5.32 Å². The van der Waals surface area contributed by atoms with Crippen LogP contribution in [0.3, 0.4) is 0 Å². The van der Waals surface area contributed by atoms with Crippen molar-refractivity contribution in [2.45, 2.75) is 65.5 Å².